The highest BCUT2D eigenvalue weighted by molar-refractivity contribution is 9.10. The number of nitrogens with one attached hydrogen (secondary N) is 2. The topological polar surface area (TPSA) is 67.4 Å². The molecule has 2 amide bonds. The number of para-hydroxylation sites is 1. The van der Waals surface area contributed by atoms with E-state index in [1.165, 1.54) is 5.56 Å². The van der Waals surface area contributed by atoms with Crippen molar-refractivity contribution in [3.05, 3.63) is 94.0 Å². The van der Waals surface area contributed by atoms with Gasteiger partial charge in [0.1, 0.15) is 5.75 Å². The smallest absolute Gasteiger partial charge is 0.262 e. The Morgan fingerprint density at radius 1 is 1.00 bits per heavy atom. The van der Waals surface area contributed by atoms with Crippen LogP contribution in [-0.4, -0.2) is 18.4 Å². The predicted octanol–water partition coefficient (Wildman–Crippen LogP) is 5.91. The summed E-state index contributed by atoms with van der Waals surface area (Å²) < 4.78 is 6.49. The lowest BCUT2D eigenvalue weighted by Gasteiger charge is -2.14. The molecule has 1 atom stereocenters. The van der Waals surface area contributed by atoms with Gasteiger partial charge in [0.15, 0.2) is 6.61 Å². The summed E-state index contributed by atoms with van der Waals surface area (Å²) in [6.45, 7) is 4.56. The molecule has 32 heavy (non-hydrogen) atoms. The fourth-order valence-corrected chi connectivity index (χ4v) is 3.68. The zero-order valence-corrected chi connectivity index (χ0v) is 19.8. The van der Waals surface area contributed by atoms with E-state index in [9.17, 15) is 9.59 Å². The number of rotatable bonds is 9. The number of carbonyl (C=O) groups excluding carboxylic acids is 2. The Hall–Kier alpha value is -3.12. The fraction of sp³-hybridized carbons (Fsp3) is 0.231. The maximum atomic E-state index is 12.7. The highest BCUT2D eigenvalue weighted by Crippen LogP contribution is 2.30. The van der Waals surface area contributed by atoms with Crippen LogP contribution in [-0.2, 0) is 11.3 Å². The molecular weight excluding hydrogens is 468 g/mol. The predicted molar refractivity (Wildman–Crippen MR) is 131 cm³/mol. The molecule has 0 aliphatic rings. The first-order chi connectivity index (χ1) is 15.5. The average molecular weight is 495 g/mol. The van der Waals surface area contributed by atoms with Gasteiger partial charge in [-0.15, -0.1) is 0 Å². The Balaban J connectivity index is 1.59. The van der Waals surface area contributed by atoms with Crippen molar-refractivity contribution in [2.24, 2.45) is 0 Å². The fourth-order valence-electron chi connectivity index (χ4n) is 3.17. The molecule has 3 aromatic rings. The molecule has 0 spiro atoms. The van der Waals surface area contributed by atoms with Crippen LogP contribution in [0.3, 0.4) is 0 Å². The molecule has 166 valence electrons. The van der Waals surface area contributed by atoms with Gasteiger partial charge in [-0.25, -0.2) is 0 Å². The van der Waals surface area contributed by atoms with E-state index >= 15 is 0 Å². The minimum absolute atomic E-state index is 0.165. The number of benzene rings is 3. The first kappa shape index (κ1) is 23.5. The summed E-state index contributed by atoms with van der Waals surface area (Å²) in [5, 5.41) is 5.66. The number of amides is 2. The maximum Gasteiger partial charge on any atom is 0.262 e. The van der Waals surface area contributed by atoms with Crippen LogP contribution < -0.4 is 15.4 Å². The van der Waals surface area contributed by atoms with Gasteiger partial charge in [0.25, 0.3) is 11.8 Å². The van der Waals surface area contributed by atoms with Crippen LogP contribution in [0.25, 0.3) is 0 Å². The van der Waals surface area contributed by atoms with E-state index in [1.807, 2.05) is 48.5 Å². The number of ether oxygens (including phenoxy) is 1. The molecule has 0 aromatic heterocycles. The largest absolute Gasteiger partial charge is 0.483 e. The third kappa shape index (κ3) is 6.44. The second-order valence-electron chi connectivity index (χ2n) is 7.55. The summed E-state index contributed by atoms with van der Waals surface area (Å²) in [6, 6.07) is 22.5. The number of anilines is 1. The Labute approximate surface area is 197 Å². The highest BCUT2D eigenvalue weighted by atomic mass is 79.9. The Morgan fingerprint density at radius 3 is 2.44 bits per heavy atom. The first-order valence-corrected chi connectivity index (χ1v) is 11.4. The van der Waals surface area contributed by atoms with Crippen molar-refractivity contribution in [1.82, 2.24) is 5.32 Å². The zero-order chi connectivity index (χ0) is 22.9. The van der Waals surface area contributed by atoms with E-state index in [1.54, 1.807) is 24.3 Å². The molecule has 1 unspecified atom stereocenters. The van der Waals surface area contributed by atoms with Gasteiger partial charge in [-0.05, 0) is 63.7 Å². The van der Waals surface area contributed by atoms with Crippen LogP contribution in [0.1, 0.15) is 47.7 Å². The summed E-state index contributed by atoms with van der Waals surface area (Å²) >= 11 is 3.52. The molecule has 6 heteroatoms. The van der Waals surface area contributed by atoms with Crippen molar-refractivity contribution in [2.45, 2.75) is 32.7 Å². The SMILES string of the molecule is CCC(C)c1ccc(OCC(=O)Nc2ccccc2C(=O)NCc2ccccc2)c(Br)c1. The lowest BCUT2D eigenvalue weighted by Crippen LogP contribution is -2.26. The Bertz CT molecular complexity index is 1070. The second kappa shape index (κ2) is 11.5. The van der Waals surface area contributed by atoms with Crippen molar-refractivity contribution in [1.29, 1.82) is 0 Å². The van der Waals surface area contributed by atoms with E-state index in [4.69, 9.17) is 4.74 Å². The zero-order valence-electron chi connectivity index (χ0n) is 18.2. The lowest BCUT2D eigenvalue weighted by molar-refractivity contribution is -0.118. The monoisotopic (exact) mass is 494 g/mol. The molecule has 0 aliphatic heterocycles. The normalized spacial score (nSPS) is 11.5. The molecule has 3 aromatic carbocycles. The molecule has 5 nitrogen and oxygen atoms in total. The summed E-state index contributed by atoms with van der Waals surface area (Å²) in [5.74, 6) is 0.453. The molecule has 0 saturated heterocycles. The molecule has 0 saturated carbocycles. The third-order valence-electron chi connectivity index (χ3n) is 5.24. The van der Waals surface area contributed by atoms with Crippen molar-refractivity contribution in [2.75, 3.05) is 11.9 Å². The number of carbonyl (C=O) groups is 2. The van der Waals surface area contributed by atoms with Gasteiger partial charge in [0, 0.05) is 6.54 Å². The van der Waals surface area contributed by atoms with Crippen molar-refractivity contribution >= 4 is 33.4 Å². The van der Waals surface area contributed by atoms with Gasteiger partial charge in [-0.2, -0.15) is 0 Å². The second-order valence-corrected chi connectivity index (χ2v) is 8.40. The average Bonchev–Trinajstić information content (AvgIpc) is 2.82. The number of hydrogen-bond acceptors (Lipinski definition) is 3. The Kier molecular flexibility index (Phi) is 8.45. The summed E-state index contributed by atoms with van der Waals surface area (Å²) in [5.41, 5.74) is 3.06. The minimum atomic E-state index is -0.341. The molecule has 0 radical (unpaired) electrons. The van der Waals surface area contributed by atoms with E-state index in [0.717, 1.165) is 16.5 Å². The third-order valence-corrected chi connectivity index (χ3v) is 5.86. The van der Waals surface area contributed by atoms with E-state index < -0.39 is 0 Å². The molecule has 0 heterocycles. The quantitative estimate of drug-likeness (QED) is 0.388. The number of halogens is 1. The van der Waals surface area contributed by atoms with Crippen molar-refractivity contribution in [3.63, 3.8) is 0 Å². The molecule has 0 fully saturated rings. The molecule has 0 aliphatic carbocycles. The highest BCUT2D eigenvalue weighted by Gasteiger charge is 2.14. The number of hydrogen-bond donors (Lipinski definition) is 2. The van der Waals surface area contributed by atoms with Crippen LogP contribution in [0.2, 0.25) is 0 Å². The summed E-state index contributed by atoms with van der Waals surface area (Å²) in [6.07, 6.45) is 1.05. The van der Waals surface area contributed by atoms with E-state index in [0.29, 0.717) is 29.5 Å². The van der Waals surface area contributed by atoms with Crippen LogP contribution in [0, 0.1) is 0 Å². The van der Waals surface area contributed by atoms with Gasteiger partial charge in [0.05, 0.1) is 15.7 Å². The summed E-state index contributed by atoms with van der Waals surface area (Å²) in [4.78, 5) is 25.1. The molecule has 0 bridgehead atoms. The Morgan fingerprint density at radius 2 is 1.72 bits per heavy atom. The minimum Gasteiger partial charge on any atom is -0.483 e. The van der Waals surface area contributed by atoms with Gasteiger partial charge in [0.2, 0.25) is 0 Å². The van der Waals surface area contributed by atoms with E-state index in [2.05, 4.69) is 40.4 Å². The molecule has 3 rings (SSSR count). The van der Waals surface area contributed by atoms with Gasteiger partial charge in [-0.1, -0.05) is 62.4 Å². The van der Waals surface area contributed by atoms with Crippen LogP contribution >= 0.6 is 15.9 Å². The van der Waals surface area contributed by atoms with Gasteiger partial charge >= 0.3 is 0 Å². The standard InChI is InChI=1S/C26H27BrN2O3/c1-3-18(2)20-13-14-24(22(27)15-20)32-17-25(30)29-23-12-8-7-11-21(23)26(31)28-16-19-9-5-4-6-10-19/h4-15,18H,3,16-17H2,1-2H3,(H,28,31)(H,29,30). The van der Waals surface area contributed by atoms with Crippen molar-refractivity contribution < 1.29 is 14.3 Å². The van der Waals surface area contributed by atoms with Crippen LogP contribution in [0.4, 0.5) is 5.69 Å². The van der Waals surface area contributed by atoms with Gasteiger partial charge < -0.3 is 15.4 Å². The first-order valence-electron chi connectivity index (χ1n) is 10.6. The van der Waals surface area contributed by atoms with Crippen molar-refractivity contribution in [3.8, 4) is 5.75 Å². The van der Waals surface area contributed by atoms with Crippen LogP contribution in [0.15, 0.2) is 77.3 Å². The molecule has 2 N–H and O–H groups in total. The van der Waals surface area contributed by atoms with Gasteiger partial charge in [-0.3, -0.25) is 9.59 Å². The van der Waals surface area contributed by atoms with E-state index in [-0.39, 0.29) is 18.4 Å². The molecular formula is C26H27BrN2O3. The maximum absolute atomic E-state index is 12.7. The van der Waals surface area contributed by atoms with Crippen LogP contribution in [0.5, 0.6) is 5.75 Å². The lowest BCUT2D eigenvalue weighted by atomic mass is 9.99. The summed E-state index contributed by atoms with van der Waals surface area (Å²) in [7, 11) is 0.